The van der Waals surface area contributed by atoms with Gasteiger partial charge in [-0.25, -0.2) is 0 Å². The molecule has 0 amide bonds. The molecule has 1 aliphatic rings. The molecule has 2 rings (SSSR count). The van der Waals surface area contributed by atoms with Crippen LogP contribution < -0.4 is 4.90 Å². The number of rotatable bonds is 3. The molecule has 0 aromatic heterocycles. The van der Waals surface area contributed by atoms with Gasteiger partial charge < -0.3 is 10.0 Å². The van der Waals surface area contributed by atoms with Gasteiger partial charge in [0.25, 0.3) is 0 Å². The number of aliphatic hydroxyl groups is 1. The van der Waals surface area contributed by atoms with Gasteiger partial charge >= 0.3 is 0 Å². The second kappa shape index (κ2) is 5.75. The van der Waals surface area contributed by atoms with E-state index in [0.717, 1.165) is 25.3 Å². The van der Waals surface area contributed by atoms with Gasteiger partial charge in [-0.1, -0.05) is 19.1 Å². The fraction of sp³-hybridized carbons (Fsp3) is 0.625. The topological polar surface area (TPSA) is 23.5 Å². The molecule has 1 aliphatic carbocycles. The van der Waals surface area contributed by atoms with E-state index in [-0.39, 0.29) is 6.10 Å². The molecule has 1 fully saturated rings. The maximum Gasteiger partial charge on any atom is 0.0585 e. The molecule has 0 spiro atoms. The van der Waals surface area contributed by atoms with Crippen molar-refractivity contribution in [3.8, 4) is 0 Å². The molecular formula is C16H25NO. The highest BCUT2D eigenvalue weighted by Crippen LogP contribution is 2.30. The van der Waals surface area contributed by atoms with Gasteiger partial charge in [-0.05, 0) is 49.8 Å². The zero-order chi connectivity index (χ0) is 13.1. The predicted octanol–water partition coefficient (Wildman–Crippen LogP) is 3.23. The number of aliphatic hydroxyl groups excluding tert-OH is 1. The van der Waals surface area contributed by atoms with Gasteiger partial charge in [0.2, 0.25) is 0 Å². The van der Waals surface area contributed by atoms with Crippen LogP contribution in [0, 0.1) is 18.8 Å². The standard InChI is InChI=1S/C16H25NO/c1-12-5-4-6-15(10-12)17(3)11-14-9-13(2)7-8-16(14)18/h4-6,10,13-14,16,18H,7-9,11H2,1-3H3. The van der Waals surface area contributed by atoms with Gasteiger partial charge in [0.05, 0.1) is 6.10 Å². The van der Waals surface area contributed by atoms with Gasteiger partial charge in [-0.2, -0.15) is 0 Å². The van der Waals surface area contributed by atoms with Crippen LogP contribution in [0.25, 0.3) is 0 Å². The Morgan fingerprint density at radius 2 is 2.11 bits per heavy atom. The van der Waals surface area contributed by atoms with Crippen molar-refractivity contribution >= 4 is 5.69 Å². The number of hydrogen-bond donors (Lipinski definition) is 1. The molecule has 2 heteroatoms. The second-order valence-electron chi connectivity index (χ2n) is 5.97. The van der Waals surface area contributed by atoms with Crippen LogP contribution in [0.4, 0.5) is 5.69 Å². The smallest absolute Gasteiger partial charge is 0.0585 e. The Bertz CT molecular complexity index is 390. The van der Waals surface area contributed by atoms with Crippen molar-refractivity contribution in [1.29, 1.82) is 0 Å². The van der Waals surface area contributed by atoms with E-state index in [4.69, 9.17) is 0 Å². The van der Waals surface area contributed by atoms with E-state index < -0.39 is 0 Å². The van der Waals surface area contributed by atoms with Gasteiger partial charge in [-0.3, -0.25) is 0 Å². The minimum Gasteiger partial charge on any atom is -0.393 e. The zero-order valence-corrected chi connectivity index (χ0v) is 11.8. The number of benzene rings is 1. The van der Waals surface area contributed by atoms with Crippen LogP contribution in [0.2, 0.25) is 0 Å². The first kappa shape index (κ1) is 13.4. The quantitative estimate of drug-likeness (QED) is 0.886. The molecule has 1 saturated carbocycles. The van der Waals surface area contributed by atoms with Crippen molar-refractivity contribution in [2.75, 3.05) is 18.5 Å². The summed E-state index contributed by atoms with van der Waals surface area (Å²) in [5, 5.41) is 10.1. The van der Waals surface area contributed by atoms with E-state index in [2.05, 4.69) is 50.1 Å². The van der Waals surface area contributed by atoms with Gasteiger partial charge in [0.1, 0.15) is 0 Å². The summed E-state index contributed by atoms with van der Waals surface area (Å²) in [6, 6.07) is 8.57. The Kier molecular flexibility index (Phi) is 4.28. The zero-order valence-electron chi connectivity index (χ0n) is 11.8. The Labute approximate surface area is 111 Å². The molecule has 3 unspecified atom stereocenters. The highest BCUT2D eigenvalue weighted by molar-refractivity contribution is 5.47. The van der Waals surface area contributed by atoms with Crippen LogP contribution in [0.1, 0.15) is 31.7 Å². The first-order valence-electron chi connectivity index (χ1n) is 7.02. The fourth-order valence-corrected chi connectivity index (χ4v) is 3.00. The highest BCUT2D eigenvalue weighted by atomic mass is 16.3. The predicted molar refractivity (Wildman–Crippen MR) is 77.0 cm³/mol. The molecular weight excluding hydrogens is 222 g/mol. The Morgan fingerprint density at radius 3 is 2.83 bits per heavy atom. The lowest BCUT2D eigenvalue weighted by molar-refractivity contribution is 0.0556. The molecule has 0 bridgehead atoms. The molecule has 1 aromatic carbocycles. The minimum absolute atomic E-state index is 0.117. The van der Waals surface area contributed by atoms with Crippen LogP contribution >= 0.6 is 0 Å². The van der Waals surface area contributed by atoms with Crippen molar-refractivity contribution in [3.63, 3.8) is 0 Å². The van der Waals surface area contributed by atoms with Crippen LogP contribution in [-0.2, 0) is 0 Å². The number of anilines is 1. The first-order valence-corrected chi connectivity index (χ1v) is 7.02. The lowest BCUT2D eigenvalue weighted by Crippen LogP contribution is -2.37. The average molecular weight is 247 g/mol. The molecule has 100 valence electrons. The normalized spacial score (nSPS) is 28.1. The maximum absolute atomic E-state index is 10.1. The number of hydrogen-bond acceptors (Lipinski definition) is 2. The molecule has 0 radical (unpaired) electrons. The molecule has 0 heterocycles. The lowest BCUT2D eigenvalue weighted by Gasteiger charge is -2.35. The van der Waals surface area contributed by atoms with E-state index in [1.165, 1.54) is 17.7 Å². The summed E-state index contributed by atoms with van der Waals surface area (Å²) in [5.41, 5.74) is 2.54. The van der Waals surface area contributed by atoms with Crippen molar-refractivity contribution in [2.24, 2.45) is 11.8 Å². The van der Waals surface area contributed by atoms with E-state index >= 15 is 0 Å². The van der Waals surface area contributed by atoms with Crippen molar-refractivity contribution < 1.29 is 5.11 Å². The van der Waals surface area contributed by atoms with Crippen LogP contribution in [-0.4, -0.2) is 24.8 Å². The van der Waals surface area contributed by atoms with Crippen LogP contribution in [0.3, 0.4) is 0 Å². The molecule has 0 aliphatic heterocycles. The molecule has 18 heavy (non-hydrogen) atoms. The SMILES string of the molecule is Cc1cccc(N(C)CC2CC(C)CCC2O)c1. The van der Waals surface area contributed by atoms with E-state index in [1.54, 1.807) is 0 Å². The summed E-state index contributed by atoms with van der Waals surface area (Å²) in [6.45, 7) is 5.37. The Morgan fingerprint density at radius 1 is 1.33 bits per heavy atom. The molecule has 3 atom stereocenters. The van der Waals surface area contributed by atoms with Crippen molar-refractivity contribution in [2.45, 2.75) is 39.2 Å². The minimum atomic E-state index is -0.117. The van der Waals surface area contributed by atoms with Gasteiger partial charge in [0, 0.05) is 25.2 Å². The third-order valence-electron chi connectivity index (χ3n) is 4.16. The summed E-state index contributed by atoms with van der Waals surface area (Å²) in [5.74, 6) is 1.17. The molecule has 0 saturated heterocycles. The number of aryl methyl sites for hydroxylation is 1. The van der Waals surface area contributed by atoms with Crippen LogP contribution in [0.5, 0.6) is 0 Å². The third-order valence-corrected chi connectivity index (χ3v) is 4.16. The highest BCUT2D eigenvalue weighted by Gasteiger charge is 2.27. The Balaban J connectivity index is 2.00. The first-order chi connectivity index (χ1) is 8.56. The molecule has 2 nitrogen and oxygen atoms in total. The van der Waals surface area contributed by atoms with Crippen LogP contribution in [0.15, 0.2) is 24.3 Å². The third kappa shape index (κ3) is 3.26. The molecule has 1 N–H and O–H groups in total. The lowest BCUT2D eigenvalue weighted by atomic mass is 9.80. The van der Waals surface area contributed by atoms with Crippen molar-refractivity contribution in [1.82, 2.24) is 0 Å². The second-order valence-corrected chi connectivity index (χ2v) is 5.97. The summed E-state index contributed by atoms with van der Waals surface area (Å²) < 4.78 is 0. The number of nitrogens with zero attached hydrogens (tertiary/aromatic N) is 1. The van der Waals surface area contributed by atoms with E-state index in [0.29, 0.717) is 5.92 Å². The van der Waals surface area contributed by atoms with Gasteiger partial charge in [-0.15, -0.1) is 0 Å². The van der Waals surface area contributed by atoms with E-state index in [9.17, 15) is 5.11 Å². The summed E-state index contributed by atoms with van der Waals surface area (Å²) in [4.78, 5) is 2.28. The van der Waals surface area contributed by atoms with Crippen molar-refractivity contribution in [3.05, 3.63) is 29.8 Å². The molecule has 1 aromatic rings. The summed E-state index contributed by atoms with van der Waals surface area (Å²) in [6.07, 6.45) is 3.17. The van der Waals surface area contributed by atoms with Gasteiger partial charge in [0.15, 0.2) is 0 Å². The summed E-state index contributed by atoms with van der Waals surface area (Å²) in [7, 11) is 2.13. The maximum atomic E-state index is 10.1. The monoisotopic (exact) mass is 247 g/mol. The summed E-state index contributed by atoms with van der Waals surface area (Å²) >= 11 is 0. The average Bonchev–Trinajstić information content (AvgIpc) is 2.34. The van der Waals surface area contributed by atoms with E-state index in [1.807, 2.05) is 0 Å². The fourth-order valence-electron chi connectivity index (χ4n) is 3.00. The largest absolute Gasteiger partial charge is 0.393 e. The Hall–Kier alpha value is -1.02.